The molecule has 0 aliphatic carbocycles. The number of rotatable bonds is 6. The van der Waals surface area contributed by atoms with Crippen molar-refractivity contribution in [3.8, 4) is 0 Å². The van der Waals surface area contributed by atoms with Crippen molar-refractivity contribution in [3.05, 3.63) is 18.2 Å². The number of amides is 1. The maximum atomic E-state index is 12.3. The quantitative estimate of drug-likeness (QED) is 0.685. The number of nitrogens with one attached hydrogen (secondary N) is 2. The Hall–Kier alpha value is -1.43. The molecule has 0 bridgehead atoms. The molecule has 18 heavy (non-hydrogen) atoms. The van der Waals surface area contributed by atoms with Gasteiger partial charge in [-0.2, -0.15) is 0 Å². The third-order valence-corrected chi connectivity index (χ3v) is 3.77. The van der Waals surface area contributed by atoms with Crippen molar-refractivity contribution >= 4 is 23.1 Å². The lowest BCUT2D eigenvalue weighted by atomic mass is 9.86. The number of carbonyl (C=O) groups is 1. The first kappa shape index (κ1) is 14.6. The predicted octanol–water partition coefficient (Wildman–Crippen LogP) is 1.68. The first-order valence-electron chi connectivity index (χ1n) is 6.05. The highest BCUT2D eigenvalue weighted by atomic mass is 32.1. The van der Waals surface area contributed by atoms with E-state index in [1.807, 2.05) is 13.8 Å². The average Bonchev–Trinajstić information content (AvgIpc) is 2.87. The highest BCUT2D eigenvalue weighted by Crippen LogP contribution is 2.24. The number of nitrogens with two attached hydrogens (primary N) is 1. The molecule has 0 radical (unpaired) electrons. The summed E-state index contributed by atoms with van der Waals surface area (Å²) in [6.07, 6.45) is 4.71. The first-order chi connectivity index (χ1) is 8.45. The molecule has 2 atom stereocenters. The maximum absolute atomic E-state index is 12.3. The van der Waals surface area contributed by atoms with Gasteiger partial charge in [0.25, 0.3) is 0 Å². The van der Waals surface area contributed by atoms with Gasteiger partial charge in [0.05, 0.1) is 16.4 Å². The number of aromatic nitrogens is 2. The molecular weight excluding hydrogens is 248 g/mol. The van der Waals surface area contributed by atoms with Crippen LogP contribution in [0.5, 0.6) is 0 Å². The van der Waals surface area contributed by atoms with E-state index in [9.17, 15) is 4.79 Å². The Bertz CT molecular complexity index is 418. The van der Waals surface area contributed by atoms with E-state index in [1.54, 1.807) is 19.3 Å². The highest BCUT2D eigenvalue weighted by molar-refractivity contribution is 7.80. The van der Waals surface area contributed by atoms with Gasteiger partial charge in [-0.1, -0.05) is 26.1 Å². The first-order valence-corrected chi connectivity index (χ1v) is 6.46. The van der Waals surface area contributed by atoms with Crippen LogP contribution in [0.2, 0.25) is 0 Å². The van der Waals surface area contributed by atoms with Crippen LogP contribution < -0.4 is 11.1 Å². The Kier molecular flexibility index (Phi) is 4.84. The van der Waals surface area contributed by atoms with E-state index in [1.165, 1.54) is 0 Å². The second kappa shape index (κ2) is 5.95. The van der Waals surface area contributed by atoms with Crippen molar-refractivity contribution in [3.63, 3.8) is 0 Å². The summed E-state index contributed by atoms with van der Waals surface area (Å²) in [5, 5.41) is 2.94. The molecule has 0 saturated heterocycles. The Morgan fingerprint density at radius 1 is 1.67 bits per heavy atom. The van der Waals surface area contributed by atoms with Gasteiger partial charge in [0.2, 0.25) is 5.91 Å². The van der Waals surface area contributed by atoms with E-state index in [-0.39, 0.29) is 16.9 Å². The second-order valence-electron chi connectivity index (χ2n) is 4.46. The molecule has 6 heteroatoms. The average molecular weight is 268 g/mol. The van der Waals surface area contributed by atoms with Crippen LogP contribution in [0.3, 0.4) is 0 Å². The monoisotopic (exact) mass is 268 g/mol. The van der Waals surface area contributed by atoms with Crippen LogP contribution in [0.4, 0.5) is 0 Å². The SMILES string of the molecule is CCC(NC(=O)C(C)(CC)C(N)=S)c1ncc[nH]1. The fourth-order valence-corrected chi connectivity index (χ4v) is 1.83. The molecule has 0 fully saturated rings. The van der Waals surface area contributed by atoms with Gasteiger partial charge >= 0.3 is 0 Å². The van der Waals surface area contributed by atoms with E-state index < -0.39 is 5.41 Å². The predicted molar refractivity (Wildman–Crippen MR) is 74.9 cm³/mol. The lowest BCUT2D eigenvalue weighted by molar-refractivity contribution is -0.127. The summed E-state index contributed by atoms with van der Waals surface area (Å²) in [6, 6.07) is -0.146. The summed E-state index contributed by atoms with van der Waals surface area (Å²) in [7, 11) is 0. The van der Waals surface area contributed by atoms with E-state index in [4.69, 9.17) is 18.0 Å². The summed E-state index contributed by atoms with van der Waals surface area (Å²) in [5.74, 6) is 0.591. The van der Waals surface area contributed by atoms with Crippen LogP contribution >= 0.6 is 12.2 Å². The van der Waals surface area contributed by atoms with Gasteiger partial charge in [-0.3, -0.25) is 4.79 Å². The van der Waals surface area contributed by atoms with Crippen LogP contribution in [0.1, 0.15) is 45.5 Å². The maximum Gasteiger partial charge on any atom is 0.233 e. The number of carbonyl (C=O) groups excluding carboxylic acids is 1. The lowest BCUT2D eigenvalue weighted by Crippen LogP contribution is -2.47. The number of hydrogen-bond acceptors (Lipinski definition) is 3. The van der Waals surface area contributed by atoms with Gasteiger partial charge in [0.1, 0.15) is 5.82 Å². The zero-order chi connectivity index (χ0) is 13.8. The smallest absolute Gasteiger partial charge is 0.233 e. The summed E-state index contributed by atoms with van der Waals surface area (Å²) in [4.78, 5) is 19.7. The standard InChI is InChI=1S/C12H20N4OS/c1-4-8(9-14-6-7-15-9)16-11(17)12(3,5-2)10(13)18/h6-8H,4-5H2,1-3H3,(H2,13,18)(H,14,15)(H,16,17). The van der Waals surface area contributed by atoms with E-state index in [0.717, 1.165) is 12.2 Å². The Morgan fingerprint density at radius 3 is 2.72 bits per heavy atom. The van der Waals surface area contributed by atoms with Crippen LogP contribution in [0.25, 0.3) is 0 Å². The van der Waals surface area contributed by atoms with Crippen molar-refractivity contribution in [1.29, 1.82) is 0 Å². The van der Waals surface area contributed by atoms with Gasteiger partial charge in [0, 0.05) is 12.4 Å². The molecule has 0 aromatic carbocycles. The Labute approximate surface area is 113 Å². The number of thiocarbonyl (C=S) groups is 1. The van der Waals surface area contributed by atoms with Crippen LogP contribution in [-0.4, -0.2) is 20.9 Å². The van der Waals surface area contributed by atoms with Gasteiger partial charge in [-0.25, -0.2) is 4.98 Å². The molecule has 2 unspecified atom stereocenters. The van der Waals surface area contributed by atoms with Crippen molar-refractivity contribution in [1.82, 2.24) is 15.3 Å². The minimum Gasteiger partial charge on any atom is -0.392 e. The number of imidazole rings is 1. The molecule has 1 rings (SSSR count). The Morgan fingerprint density at radius 2 is 2.33 bits per heavy atom. The molecule has 4 N–H and O–H groups in total. The van der Waals surface area contributed by atoms with Gasteiger partial charge in [-0.15, -0.1) is 0 Å². The molecule has 1 aromatic rings. The normalized spacial score (nSPS) is 15.7. The highest BCUT2D eigenvalue weighted by Gasteiger charge is 2.35. The summed E-state index contributed by atoms with van der Waals surface area (Å²) in [6.45, 7) is 5.64. The van der Waals surface area contributed by atoms with Gasteiger partial charge < -0.3 is 16.0 Å². The molecule has 0 aliphatic heterocycles. The van der Waals surface area contributed by atoms with E-state index >= 15 is 0 Å². The zero-order valence-corrected chi connectivity index (χ0v) is 11.8. The summed E-state index contributed by atoms with van der Waals surface area (Å²) in [5.41, 5.74) is 4.86. The minimum absolute atomic E-state index is 0.146. The molecule has 1 amide bonds. The second-order valence-corrected chi connectivity index (χ2v) is 4.90. The van der Waals surface area contributed by atoms with Crippen LogP contribution in [0, 0.1) is 5.41 Å². The molecular formula is C12H20N4OS. The van der Waals surface area contributed by atoms with Crippen LogP contribution in [0.15, 0.2) is 12.4 Å². The number of H-pyrrole nitrogens is 1. The number of hydrogen-bond donors (Lipinski definition) is 3. The zero-order valence-electron chi connectivity index (χ0n) is 11.0. The van der Waals surface area contributed by atoms with Crippen molar-refractivity contribution in [2.75, 3.05) is 0 Å². The van der Waals surface area contributed by atoms with Crippen LogP contribution in [-0.2, 0) is 4.79 Å². The van der Waals surface area contributed by atoms with Gasteiger partial charge in [-0.05, 0) is 19.8 Å². The van der Waals surface area contributed by atoms with Crippen molar-refractivity contribution in [2.45, 2.75) is 39.7 Å². The fourth-order valence-electron chi connectivity index (χ4n) is 1.60. The third-order valence-electron chi connectivity index (χ3n) is 3.32. The molecule has 1 heterocycles. The third kappa shape index (κ3) is 2.87. The van der Waals surface area contributed by atoms with Crippen molar-refractivity contribution < 1.29 is 4.79 Å². The van der Waals surface area contributed by atoms with E-state index in [2.05, 4.69) is 15.3 Å². The fraction of sp³-hybridized carbons (Fsp3) is 0.583. The minimum atomic E-state index is -0.810. The largest absolute Gasteiger partial charge is 0.392 e. The van der Waals surface area contributed by atoms with E-state index in [0.29, 0.717) is 6.42 Å². The topological polar surface area (TPSA) is 83.8 Å². The molecule has 0 saturated carbocycles. The van der Waals surface area contributed by atoms with Crippen molar-refractivity contribution in [2.24, 2.45) is 11.1 Å². The molecule has 0 spiro atoms. The van der Waals surface area contributed by atoms with Gasteiger partial charge in [0.15, 0.2) is 0 Å². The summed E-state index contributed by atoms with van der Waals surface area (Å²) < 4.78 is 0. The molecule has 0 aliphatic rings. The Balaban J connectivity index is 2.83. The molecule has 5 nitrogen and oxygen atoms in total. The molecule has 1 aromatic heterocycles. The lowest BCUT2D eigenvalue weighted by Gasteiger charge is -2.27. The summed E-state index contributed by atoms with van der Waals surface area (Å²) >= 11 is 4.99. The molecule has 100 valence electrons. The number of aromatic amines is 1. The number of nitrogens with zero attached hydrogens (tertiary/aromatic N) is 1.